The molecule has 0 fully saturated rings. The third kappa shape index (κ3) is 3.12. The summed E-state index contributed by atoms with van der Waals surface area (Å²) in [5.41, 5.74) is 3.94. The van der Waals surface area contributed by atoms with Gasteiger partial charge in [0, 0.05) is 5.56 Å². The second kappa shape index (κ2) is 6.10. The molecule has 0 aliphatic rings. The molecule has 3 aromatic rings. The Morgan fingerprint density at radius 2 is 1.68 bits per heavy atom. The van der Waals surface area contributed by atoms with Crippen molar-refractivity contribution in [2.75, 3.05) is 0 Å². The Kier molecular flexibility index (Phi) is 3.83. The van der Waals surface area contributed by atoms with Gasteiger partial charge in [-0.1, -0.05) is 42.5 Å². The fraction of sp³-hybridized carbons (Fsp3) is 0. The van der Waals surface area contributed by atoms with Gasteiger partial charge in [-0.05, 0) is 40.6 Å². The Morgan fingerprint density at radius 1 is 0.955 bits per heavy atom. The van der Waals surface area contributed by atoms with E-state index in [1.165, 1.54) is 0 Å². The monoisotopic (exact) mass is 290 g/mol. The Morgan fingerprint density at radius 3 is 2.50 bits per heavy atom. The van der Waals surface area contributed by atoms with Gasteiger partial charge in [-0.2, -0.15) is 5.10 Å². The summed E-state index contributed by atoms with van der Waals surface area (Å²) in [7, 11) is 0. The molecule has 0 unspecified atom stereocenters. The standard InChI is InChI=1S/C18H14N2O2/c21-17-9-8-14-10-16(7-6-15(14)11-17)18(22)20-19-12-13-4-2-1-3-5-13/h1-12,21H,(H,20,22). The predicted molar refractivity (Wildman–Crippen MR) is 87.1 cm³/mol. The Labute approximate surface area is 127 Å². The molecule has 0 aliphatic carbocycles. The number of benzene rings is 3. The van der Waals surface area contributed by atoms with E-state index in [-0.39, 0.29) is 11.7 Å². The van der Waals surface area contributed by atoms with Crippen molar-refractivity contribution in [1.82, 2.24) is 5.43 Å². The van der Waals surface area contributed by atoms with Crippen LogP contribution in [0.3, 0.4) is 0 Å². The number of aromatic hydroxyl groups is 1. The van der Waals surface area contributed by atoms with E-state index in [1.54, 1.807) is 42.6 Å². The molecule has 0 bridgehead atoms. The molecular weight excluding hydrogens is 276 g/mol. The summed E-state index contributed by atoms with van der Waals surface area (Å²) in [6.07, 6.45) is 1.59. The molecule has 4 nitrogen and oxygen atoms in total. The van der Waals surface area contributed by atoms with Crippen LogP contribution in [-0.4, -0.2) is 17.2 Å². The molecule has 2 N–H and O–H groups in total. The van der Waals surface area contributed by atoms with E-state index in [0.717, 1.165) is 16.3 Å². The molecule has 0 radical (unpaired) electrons. The third-order valence-electron chi connectivity index (χ3n) is 3.27. The van der Waals surface area contributed by atoms with Crippen LogP contribution in [0, 0.1) is 0 Å². The van der Waals surface area contributed by atoms with Crippen LogP contribution >= 0.6 is 0 Å². The largest absolute Gasteiger partial charge is 0.508 e. The number of carbonyl (C=O) groups is 1. The predicted octanol–water partition coefficient (Wildman–Crippen LogP) is 3.31. The molecule has 0 atom stereocenters. The summed E-state index contributed by atoms with van der Waals surface area (Å²) < 4.78 is 0. The first-order valence-corrected chi connectivity index (χ1v) is 6.83. The molecular formula is C18H14N2O2. The summed E-state index contributed by atoms with van der Waals surface area (Å²) in [6.45, 7) is 0. The molecule has 0 heterocycles. The van der Waals surface area contributed by atoms with Crippen LogP contribution in [0.15, 0.2) is 71.8 Å². The van der Waals surface area contributed by atoms with E-state index < -0.39 is 0 Å². The maximum Gasteiger partial charge on any atom is 0.271 e. The maximum atomic E-state index is 12.1. The molecule has 3 aromatic carbocycles. The number of fused-ring (bicyclic) bond motifs is 1. The van der Waals surface area contributed by atoms with Crippen LogP contribution in [0.2, 0.25) is 0 Å². The fourth-order valence-corrected chi connectivity index (χ4v) is 2.14. The van der Waals surface area contributed by atoms with Crippen molar-refractivity contribution in [2.45, 2.75) is 0 Å². The summed E-state index contributed by atoms with van der Waals surface area (Å²) in [4.78, 5) is 12.1. The zero-order chi connectivity index (χ0) is 15.4. The van der Waals surface area contributed by atoms with E-state index in [4.69, 9.17) is 0 Å². The average molecular weight is 290 g/mol. The van der Waals surface area contributed by atoms with Gasteiger partial charge in [-0.15, -0.1) is 0 Å². The van der Waals surface area contributed by atoms with Crippen molar-refractivity contribution in [3.63, 3.8) is 0 Å². The molecule has 0 saturated carbocycles. The van der Waals surface area contributed by atoms with Gasteiger partial charge >= 0.3 is 0 Å². The second-order valence-electron chi connectivity index (χ2n) is 4.86. The van der Waals surface area contributed by atoms with E-state index in [1.807, 2.05) is 30.3 Å². The van der Waals surface area contributed by atoms with Crippen molar-refractivity contribution in [3.05, 3.63) is 77.9 Å². The molecule has 0 spiro atoms. The first kappa shape index (κ1) is 13.8. The molecule has 22 heavy (non-hydrogen) atoms. The molecule has 0 saturated heterocycles. The van der Waals surface area contributed by atoms with Gasteiger partial charge in [0.2, 0.25) is 0 Å². The smallest absolute Gasteiger partial charge is 0.271 e. The first-order valence-electron chi connectivity index (χ1n) is 6.83. The number of phenols is 1. The number of rotatable bonds is 3. The van der Waals surface area contributed by atoms with Crippen molar-refractivity contribution in [3.8, 4) is 5.75 Å². The summed E-state index contributed by atoms with van der Waals surface area (Å²) in [5.74, 6) is -0.0701. The normalized spacial score (nSPS) is 10.9. The second-order valence-corrected chi connectivity index (χ2v) is 4.86. The molecule has 108 valence electrons. The maximum absolute atomic E-state index is 12.1. The number of hydrazone groups is 1. The lowest BCUT2D eigenvalue weighted by Gasteiger charge is -2.03. The van der Waals surface area contributed by atoms with Crippen LogP contribution in [0.1, 0.15) is 15.9 Å². The van der Waals surface area contributed by atoms with Crippen molar-refractivity contribution in [2.24, 2.45) is 5.10 Å². The highest BCUT2D eigenvalue weighted by Crippen LogP contribution is 2.21. The van der Waals surface area contributed by atoms with Crippen LogP contribution < -0.4 is 5.43 Å². The zero-order valence-electron chi connectivity index (χ0n) is 11.7. The highest BCUT2D eigenvalue weighted by atomic mass is 16.3. The van der Waals surface area contributed by atoms with E-state index in [2.05, 4.69) is 10.5 Å². The minimum Gasteiger partial charge on any atom is -0.508 e. The minimum absolute atomic E-state index is 0.206. The molecule has 0 aromatic heterocycles. The van der Waals surface area contributed by atoms with Gasteiger partial charge in [-0.3, -0.25) is 4.79 Å². The number of amides is 1. The number of phenolic OH excluding ortho intramolecular Hbond substituents is 1. The fourth-order valence-electron chi connectivity index (χ4n) is 2.14. The highest BCUT2D eigenvalue weighted by molar-refractivity contribution is 5.99. The minimum atomic E-state index is -0.276. The van der Waals surface area contributed by atoms with Gasteiger partial charge in [0.05, 0.1) is 6.21 Å². The first-order chi connectivity index (χ1) is 10.7. The quantitative estimate of drug-likeness (QED) is 0.574. The SMILES string of the molecule is O=C(NN=Cc1ccccc1)c1ccc2cc(O)ccc2c1. The van der Waals surface area contributed by atoms with Gasteiger partial charge in [0.15, 0.2) is 0 Å². The molecule has 3 rings (SSSR count). The van der Waals surface area contributed by atoms with Gasteiger partial charge in [0.25, 0.3) is 5.91 Å². The number of carbonyl (C=O) groups excluding carboxylic acids is 1. The van der Waals surface area contributed by atoms with Gasteiger partial charge < -0.3 is 5.11 Å². The van der Waals surface area contributed by atoms with Crippen molar-refractivity contribution >= 4 is 22.9 Å². The Balaban J connectivity index is 1.75. The van der Waals surface area contributed by atoms with Crippen molar-refractivity contribution < 1.29 is 9.90 Å². The lowest BCUT2D eigenvalue weighted by molar-refractivity contribution is 0.0955. The highest BCUT2D eigenvalue weighted by Gasteiger charge is 2.05. The van der Waals surface area contributed by atoms with Crippen molar-refractivity contribution in [1.29, 1.82) is 0 Å². The topological polar surface area (TPSA) is 61.7 Å². The third-order valence-corrected chi connectivity index (χ3v) is 3.27. The number of nitrogens with one attached hydrogen (secondary N) is 1. The summed E-state index contributed by atoms with van der Waals surface area (Å²) in [6, 6.07) is 19.8. The number of hydrogen-bond acceptors (Lipinski definition) is 3. The lowest BCUT2D eigenvalue weighted by atomic mass is 10.1. The van der Waals surface area contributed by atoms with Gasteiger partial charge in [0.1, 0.15) is 5.75 Å². The number of nitrogens with zero attached hydrogens (tertiary/aromatic N) is 1. The van der Waals surface area contributed by atoms with E-state index in [0.29, 0.717) is 5.56 Å². The summed E-state index contributed by atoms with van der Waals surface area (Å²) >= 11 is 0. The van der Waals surface area contributed by atoms with Crippen LogP contribution in [-0.2, 0) is 0 Å². The van der Waals surface area contributed by atoms with E-state index >= 15 is 0 Å². The van der Waals surface area contributed by atoms with Crippen LogP contribution in [0.4, 0.5) is 0 Å². The van der Waals surface area contributed by atoms with Crippen LogP contribution in [0.5, 0.6) is 5.75 Å². The molecule has 0 aliphatic heterocycles. The lowest BCUT2D eigenvalue weighted by Crippen LogP contribution is -2.17. The Hall–Kier alpha value is -3.14. The van der Waals surface area contributed by atoms with Crippen LogP contribution in [0.25, 0.3) is 10.8 Å². The zero-order valence-corrected chi connectivity index (χ0v) is 11.7. The Bertz CT molecular complexity index is 842. The average Bonchev–Trinajstić information content (AvgIpc) is 2.55. The van der Waals surface area contributed by atoms with Gasteiger partial charge in [-0.25, -0.2) is 5.43 Å². The van der Waals surface area contributed by atoms with E-state index in [9.17, 15) is 9.90 Å². The molecule has 1 amide bonds. The number of hydrogen-bond donors (Lipinski definition) is 2. The summed E-state index contributed by atoms with van der Waals surface area (Å²) in [5, 5.41) is 15.1. The molecule has 4 heteroatoms.